The van der Waals surface area contributed by atoms with Gasteiger partial charge in [-0.1, -0.05) is 12.1 Å². The molecular formula is C13H19BrN2O. The number of fused-ring (bicyclic) bond motifs is 1. The highest BCUT2D eigenvalue weighted by molar-refractivity contribution is 5.83. The number of hydrogen-bond donors (Lipinski definition) is 1. The number of carbonyl (C=O) groups is 1. The Morgan fingerprint density at radius 2 is 2.06 bits per heavy atom. The van der Waals surface area contributed by atoms with Crippen LogP contribution in [-0.4, -0.2) is 25.0 Å². The first-order chi connectivity index (χ1) is 7.65. The number of para-hydroxylation sites is 2. The van der Waals surface area contributed by atoms with Gasteiger partial charge in [0.2, 0.25) is 0 Å². The molecule has 1 aliphatic heterocycles. The van der Waals surface area contributed by atoms with E-state index in [9.17, 15) is 4.79 Å². The molecule has 0 aromatic heterocycles. The molecule has 0 radical (unpaired) electrons. The Morgan fingerprint density at radius 3 is 2.65 bits per heavy atom. The Balaban J connectivity index is 0.00000144. The van der Waals surface area contributed by atoms with Crippen molar-refractivity contribution in [3.63, 3.8) is 0 Å². The predicted molar refractivity (Wildman–Crippen MR) is 65.1 cm³/mol. The predicted octanol–water partition coefficient (Wildman–Crippen LogP) is -2.02. The first-order valence-corrected chi connectivity index (χ1v) is 5.86. The van der Waals surface area contributed by atoms with E-state index < -0.39 is 0 Å². The SMILES string of the molecule is CC[NH+]1c2ccccc2N(CC(C)=O)C1C.[Br-]. The van der Waals surface area contributed by atoms with E-state index in [1.54, 1.807) is 6.92 Å². The quantitative estimate of drug-likeness (QED) is 0.697. The molecule has 3 nitrogen and oxygen atoms in total. The highest BCUT2D eigenvalue weighted by Gasteiger charge is 2.36. The van der Waals surface area contributed by atoms with Gasteiger partial charge >= 0.3 is 0 Å². The number of carbonyl (C=O) groups excluding carboxylic acids is 1. The molecule has 0 bridgehead atoms. The lowest BCUT2D eigenvalue weighted by Gasteiger charge is -2.23. The van der Waals surface area contributed by atoms with Crippen LogP contribution in [0.1, 0.15) is 20.8 Å². The zero-order chi connectivity index (χ0) is 11.7. The first-order valence-electron chi connectivity index (χ1n) is 5.86. The van der Waals surface area contributed by atoms with E-state index in [1.165, 1.54) is 16.3 Å². The van der Waals surface area contributed by atoms with E-state index in [0.717, 1.165) is 6.54 Å². The lowest BCUT2D eigenvalue weighted by Crippen LogP contribution is -3.10. The maximum Gasteiger partial charge on any atom is 0.165 e. The summed E-state index contributed by atoms with van der Waals surface area (Å²) in [6, 6.07) is 8.37. The lowest BCUT2D eigenvalue weighted by atomic mass is 10.2. The van der Waals surface area contributed by atoms with Crippen molar-refractivity contribution < 1.29 is 26.7 Å². The molecule has 1 N–H and O–H groups in total. The number of ketones is 1. The van der Waals surface area contributed by atoms with Gasteiger partial charge < -0.3 is 21.9 Å². The zero-order valence-electron chi connectivity index (χ0n) is 10.5. The molecule has 2 atom stereocenters. The molecule has 1 aromatic carbocycles. The monoisotopic (exact) mass is 298 g/mol. The largest absolute Gasteiger partial charge is 1.00 e. The molecule has 0 spiro atoms. The fourth-order valence-corrected chi connectivity index (χ4v) is 2.57. The van der Waals surface area contributed by atoms with Gasteiger partial charge in [-0.3, -0.25) is 9.69 Å². The van der Waals surface area contributed by atoms with Crippen molar-refractivity contribution in [2.24, 2.45) is 0 Å². The molecule has 2 rings (SSSR count). The van der Waals surface area contributed by atoms with Crippen LogP contribution < -0.4 is 26.8 Å². The summed E-state index contributed by atoms with van der Waals surface area (Å²) in [5.41, 5.74) is 2.53. The molecule has 1 aromatic rings. The van der Waals surface area contributed by atoms with Crippen molar-refractivity contribution in [1.29, 1.82) is 0 Å². The Kier molecular flexibility index (Phi) is 4.71. The summed E-state index contributed by atoms with van der Waals surface area (Å²) < 4.78 is 0. The van der Waals surface area contributed by atoms with Crippen molar-refractivity contribution in [2.75, 3.05) is 18.0 Å². The third-order valence-electron chi connectivity index (χ3n) is 3.31. The number of benzene rings is 1. The number of Topliss-reactive ketones (excluding diaryl/α,β-unsaturated/α-hetero) is 1. The van der Waals surface area contributed by atoms with Crippen LogP contribution >= 0.6 is 0 Å². The second-order valence-electron chi connectivity index (χ2n) is 4.40. The summed E-state index contributed by atoms with van der Waals surface area (Å²) in [4.78, 5) is 14.9. The fourth-order valence-electron chi connectivity index (χ4n) is 2.57. The van der Waals surface area contributed by atoms with Crippen molar-refractivity contribution in [3.05, 3.63) is 24.3 Å². The third-order valence-corrected chi connectivity index (χ3v) is 3.31. The van der Waals surface area contributed by atoms with Gasteiger partial charge in [0.25, 0.3) is 0 Å². The van der Waals surface area contributed by atoms with Gasteiger partial charge in [0.15, 0.2) is 11.9 Å². The second-order valence-corrected chi connectivity index (χ2v) is 4.40. The summed E-state index contributed by atoms with van der Waals surface area (Å²) in [7, 11) is 0. The first kappa shape index (κ1) is 14.2. The number of rotatable bonds is 3. The summed E-state index contributed by atoms with van der Waals surface area (Å²) in [5.74, 6) is 0.221. The minimum absolute atomic E-state index is 0. The molecule has 0 saturated carbocycles. The zero-order valence-corrected chi connectivity index (χ0v) is 12.1. The number of nitrogens with zero attached hydrogens (tertiary/aromatic N) is 1. The van der Waals surface area contributed by atoms with Crippen LogP contribution in [0.4, 0.5) is 11.4 Å². The molecule has 0 saturated heterocycles. The van der Waals surface area contributed by atoms with Gasteiger partial charge in [-0.2, -0.15) is 0 Å². The third kappa shape index (κ3) is 2.53. The maximum absolute atomic E-state index is 11.3. The average molecular weight is 299 g/mol. The van der Waals surface area contributed by atoms with Crippen LogP contribution in [0.3, 0.4) is 0 Å². The normalized spacial score (nSPS) is 21.9. The van der Waals surface area contributed by atoms with Gasteiger partial charge in [-0.25, -0.2) is 0 Å². The number of halogens is 1. The Hall–Kier alpha value is -0.870. The van der Waals surface area contributed by atoms with Gasteiger partial charge in [0, 0.05) is 13.0 Å². The van der Waals surface area contributed by atoms with Crippen molar-refractivity contribution in [1.82, 2.24) is 0 Å². The minimum Gasteiger partial charge on any atom is -1.00 e. The van der Waals surface area contributed by atoms with E-state index >= 15 is 0 Å². The van der Waals surface area contributed by atoms with E-state index in [2.05, 4.69) is 36.9 Å². The molecular weight excluding hydrogens is 280 g/mol. The molecule has 4 heteroatoms. The topological polar surface area (TPSA) is 24.8 Å². The molecule has 2 unspecified atom stereocenters. The van der Waals surface area contributed by atoms with Crippen LogP contribution in [0.25, 0.3) is 0 Å². The number of hydrogen-bond acceptors (Lipinski definition) is 2. The fraction of sp³-hybridized carbons (Fsp3) is 0.462. The Labute approximate surface area is 113 Å². The van der Waals surface area contributed by atoms with Crippen LogP contribution in [0.2, 0.25) is 0 Å². The number of quaternary nitrogens is 1. The average Bonchev–Trinajstić information content (AvgIpc) is 2.52. The molecule has 17 heavy (non-hydrogen) atoms. The summed E-state index contributed by atoms with van der Waals surface area (Å²) >= 11 is 0. The maximum atomic E-state index is 11.3. The van der Waals surface area contributed by atoms with E-state index in [-0.39, 0.29) is 22.8 Å². The summed E-state index contributed by atoms with van der Waals surface area (Å²) in [5, 5.41) is 0. The minimum atomic E-state index is 0. The van der Waals surface area contributed by atoms with Crippen molar-refractivity contribution >= 4 is 17.2 Å². The highest BCUT2D eigenvalue weighted by atomic mass is 79.9. The van der Waals surface area contributed by atoms with E-state index in [1.807, 2.05) is 6.07 Å². The van der Waals surface area contributed by atoms with Gasteiger partial charge in [-0.05, 0) is 19.9 Å². The molecule has 1 aliphatic rings. The molecule has 1 heterocycles. The standard InChI is InChI=1S/C13H18N2O.BrH/c1-4-14-11(3)15(9-10(2)16)13-8-6-5-7-12(13)14;/h5-8,11H,4,9H2,1-3H3;1H. The highest BCUT2D eigenvalue weighted by Crippen LogP contribution is 2.28. The van der Waals surface area contributed by atoms with E-state index in [4.69, 9.17) is 0 Å². The molecule has 0 aliphatic carbocycles. The Bertz CT molecular complexity index is 408. The van der Waals surface area contributed by atoms with E-state index in [0.29, 0.717) is 12.7 Å². The van der Waals surface area contributed by atoms with Crippen LogP contribution in [0.15, 0.2) is 24.3 Å². The van der Waals surface area contributed by atoms with Crippen LogP contribution in [0, 0.1) is 0 Å². The summed E-state index contributed by atoms with van der Waals surface area (Å²) in [6.45, 7) is 7.58. The van der Waals surface area contributed by atoms with Crippen molar-refractivity contribution in [3.8, 4) is 0 Å². The van der Waals surface area contributed by atoms with Crippen LogP contribution in [-0.2, 0) is 4.79 Å². The molecule has 0 fully saturated rings. The van der Waals surface area contributed by atoms with Crippen molar-refractivity contribution in [2.45, 2.75) is 26.9 Å². The number of nitrogens with one attached hydrogen (secondary N) is 1. The lowest BCUT2D eigenvalue weighted by molar-refractivity contribution is -0.849. The van der Waals surface area contributed by atoms with Gasteiger partial charge in [-0.15, -0.1) is 0 Å². The van der Waals surface area contributed by atoms with Crippen LogP contribution in [0.5, 0.6) is 0 Å². The second kappa shape index (κ2) is 5.65. The van der Waals surface area contributed by atoms with Gasteiger partial charge in [0.1, 0.15) is 11.5 Å². The van der Waals surface area contributed by atoms with Gasteiger partial charge in [0.05, 0.1) is 13.1 Å². The Morgan fingerprint density at radius 1 is 1.41 bits per heavy atom. The molecule has 94 valence electrons. The summed E-state index contributed by atoms with van der Waals surface area (Å²) in [6.07, 6.45) is 0.353. The smallest absolute Gasteiger partial charge is 0.165 e. The molecule has 0 amide bonds. The number of anilines is 1.